The molecule has 1 fully saturated rings. The normalized spacial score (nSPS) is 24.4. The molecule has 2 aromatic rings. The maximum absolute atomic E-state index is 13.0. The molecule has 8 heteroatoms. The lowest BCUT2D eigenvalue weighted by Crippen LogP contribution is -2.46. The summed E-state index contributed by atoms with van der Waals surface area (Å²) >= 11 is 3.55. The average Bonchev–Trinajstić information content (AvgIpc) is 3.10. The molecule has 0 unspecified atom stereocenters. The molecule has 7 nitrogen and oxygen atoms in total. The van der Waals surface area contributed by atoms with Crippen LogP contribution in [0.3, 0.4) is 0 Å². The van der Waals surface area contributed by atoms with E-state index in [1.54, 1.807) is 6.07 Å². The number of benzene rings is 1. The fraction of sp³-hybridized carbons (Fsp3) is 0.500. The predicted octanol–water partition coefficient (Wildman–Crippen LogP) is 4.00. The standard InChI is InChI=1S/C24H30BrN3O4/c1-12-9-13(2)28-23(30)18(12)11-27-22(29)17-10-19(25)21-20(14(17)3)31-24(4,32-21)15-5-7-16(26)8-6-15/h9-10,15-16H,5-8,11,26H2,1-4H3,(H,27,29)(H,28,30)/t15?,16?,24-/m1/s1. The number of rotatable bonds is 4. The van der Waals surface area contributed by atoms with Crippen molar-refractivity contribution in [3.8, 4) is 11.5 Å². The topological polar surface area (TPSA) is 106 Å². The van der Waals surface area contributed by atoms with Gasteiger partial charge < -0.3 is 25.5 Å². The minimum absolute atomic E-state index is 0.145. The van der Waals surface area contributed by atoms with E-state index in [9.17, 15) is 9.59 Å². The van der Waals surface area contributed by atoms with Gasteiger partial charge in [-0.15, -0.1) is 0 Å². The maximum atomic E-state index is 13.0. The lowest BCUT2D eigenvalue weighted by molar-refractivity contribution is -0.121. The van der Waals surface area contributed by atoms with Crippen LogP contribution in [0.2, 0.25) is 0 Å². The van der Waals surface area contributed by atoms with Gasteiger partial charge in [0.1, 0.15) is 0 Å². The minimum Gasteiger partial charge on any atom is -0.448 e. The Balaban J connectivity index is 1.55. The van der Waals surface area contributed by atoms with Crippen molar-refractivity contribution in [3.05, 3.63) is 54.9 Å². The summed E-state index contributed by atoms with van der Waals surface area (Å²) in [4.78, 5) is 28.1. The van der Waals surface area contributed by atoms with E-state index >= 15 is 0 Å². The summed E-state index contributed by atoms with van der Waals surface area (Å²) in [7, 11) is 0. The molecule has 2 heterocycles. The summed E-state index contributed by atoms with van der Waals surface area (Å²) in [5.41, 5.74) is 9.26. The van der Waals surface area contributed by atoms with E-state index in [0.717, 1.165) is 36.9 Å². The van der Waals surface area contributed by atoms with Crippen LogP contribution in [0.5, 0.6) is 11.5 Å². The fourth-order valence-electron chi connectivity index (χ4n) is 4.76. The second-order valence-corrected chi connectivity index (χ2v) is 10.0. The van der Waals surface area contributed by atoms with Crippen LogP contribution in [0.1, 0.15) is 65.3 Å². The van der Waals surface area contributed by atoms with E-state index in [1.165, 1.54) is 0 Å². The van der Waals surface area contributed by atoms with Crippen molar-refractivity contribution in [1.82, 2.24) is 10.3 Å². The summed E-state index contributed by atoms with van der Waals surface area (Å²) < 4.78 is 13.3. The van der Waals surface area contributed by atoms with Crippen molar-refractivity contribution in [2.45, 2.75) is 71.8 Å². The molecule has 4 N–H and O–H groups in total. The Morgan fingerprint density at radius 3 is 2.50 bits per heavy atom. The minimum atomic E-state index is -0.781. The van der Waals surface area contributed by atoms with Crippen molar-refractivity contribution >= 4 is 21.8 Å². The Labute approximate surface area is 196 Å². The number of pyridine rings is 1. The zero-order valence-corrected chi connectivity index (χ0v) is 20.5. The number of nitrogens with two attached hydrogens (primary N) is 1. The molecule has 1 aliphatic heterocycles. The van der Waals surface area contributed by atoms with E-state index in [2.05, 4.69) is 26.2 Å². The zero-order chi connectivity index (χ0) is 23.2. The number of amides is 1. The van der Waals surface area contributed by atoms with Gasteiger partial charge in [-0.1, -0.05) is 0 Å². The number of ether oxygens (including phenoxy) is 2. The number of nitrogens with one attached hydrogen (secondary N) is 2. The van der Waals surface area contributed by atoms with Crippen LogP contribution in [-0.4, -0.2) is 22.7 Å². The van der Waals surface area contributed by atoms with E-state index in [-0.39, 0.29) is 30.0 Å². The first kappa shape index (κ1) is 22.9. The van der Waals surface area contributed by atoms with Crippen molar-refractivity contribution < 1.29 is 14.3 Å². The van der Waals surface area contributed by atoms with E-state index in [4.69, 9.17) is 15.2 Å². The van der Waals surface area contributed by atoms with Gasteiger partial charge >= 0.3 is 0 Å². The molecule has 0 radical (unpaired) electrons. The fourth-order valence-corrected chi connectivity index (χ4v) is 5.25. The summed E-state index contributed by atoms with van der Waals surface area (Å²) in [6, 6.07) is 3.89. The van der Waals surface area contributed by atoms with Crippen molar-refractivity contribution in [2.75, 3.05) is 0 Å². The van der Waals surface area contributed by atoms with Crippen molar-refractivity contribution in [2.24, 2.45) is 11.7 Å². The number of carbonyl (C=O) groups excluding carboxylic acids is 1. The lowest BCUT2D eigenvalue weighted by Gasteiger charge is -2.36. The van der Waals surface area contributed by atoms with Crippen LogP contribution < -0.4 is 26.1 Å². The molecule has 0 spiro atoms. The molecular formula is C24H30BrN3O4. The molecular weight excluding hydrogens is 474 g/mol. The molecule has 1 atom stereocenters. The summed E-state index contributed by atoms with van der Waals surface area (Å²) in [5.74, 6) is 0.395. The number of H-pyrrole nitrogens is 1. The highest BCUT2D eigenvalue weighted by Crippen LogP contribution is 2.51. The molecule has 1 aromatic heterocycles. The number of hydrogen-bond acceptors (Lipinski definition) is 5. The van der Waals surface area contributed by atoms with Crippen LogP contribution in [-0.2, 0) is 6.54 Å². The number of hydrogen-bond donors (Lipinski definition) is 3. The van der Waals surface area contributed by atoms with Crippen LogP contribution in [0, 0.1) is 26.7 Å². The highest BCUT2D eigenvalue weighted by molar-refractivity contribution is 9.10. The first-order chi connectivity index (χ1) is 15.1. The van der Waals surface area contributed by atoms with Gasteiger partial charge in [-0.3, -0.25) is 9.59 Å². The Hall–Kier alpha value is -2.32. The van der Waals surface area contributed by atoms with Gasteiger partial charge in [0.2, 0.25) is 0 Å². The SMILES string of the molecule is Cc1cc(C)c(CNC(=O)c2cc(Br)c3c(c2C)O[C@@](C)(C2CCC(N)CC2)O3)c(=O)[nH]1. The Kier molecular flexibility index (Phi) is 6.11. The monoisotopic (exact) mass is 503 g/mol. The van der Waals surface area contributed by atoms with Gasteiger partial charge in [0.15, 0.2) is 11.5 Å². The molecule has 0 saturated heterocycles. The van der Waals surface area contributed by atoms with Gasteiger partial charge in [0.25, 0.3) is 17.3 Å². The maximum Gasteiger partial charge on any atom is 0.253 e. The van der Waals surface area contributed by atoms with Gasteiger partial charge in [-0.05, 0) is 80.1 Å². The van der Waals surface area contributed by atoms with Crippen molar-refractivity contribution in [3.63, 3.8) is 0 Å². The Morgan fingerprint density at radius 1 is 1.19 bits per heavy atom. The highest BCUT2D eigenvalue weighted by Gasteiger charge is 2.47. The van der Waals surface area contributed by atoms with Crippen LogP contribution >= 0.6 is 15.9 Å². The van der Waals surface area contributed by atoms with E-state index < -0.39 is 5.79 Å². The molecule has 1 aliphatic carbocycles. The third-order valence-electron chi connectivity index (χ3n) is 6.73. The molecule has 0 bridgehead atoms. The number of aromatic nitrogens is 1. The Bertz CT molecular complexity index is 1120. The molecule has 172 valence electrons. The summed E-state index contributed by atoms with van der Waals surface area (Å²) in [5, 5.41) is 2.87. The Morgan fingerprint density at radius 2 is 1.84 bits per heavy atom. The van der Waals surface area contributed by atoms with Gasteiger partial charge in [-0.2, -0.15) is 0 Å². The third kappa shape index (κ3) is 4.18. The summed E-state index contributed by atoms with van der Waals surface area (Å²) in [6.07, 6.45) is 3.80. The number of carbonyl (C=O) groups is 1. The second kappa shape index (κ2) is 8.56. The number of fused-ring (bicyclic) bond motifs is 1. The first-order valence-electron chi connectivity index (χ1n) is 11.0. The van der Waals surface area contributed by atoms with Crippen LogP contribution in [0.25, 0.3) is 0 Å². The zero-order valence-electron chi connectivity index (χ0n) is 18.9. The number of aromatic amines is 1. The lowest BCUT2D eigenvalue weighted by atomic mass is 9.81. The highest BCUT2D eigenvalue weighted by atomic mass is 79.9. The smallest absolute Gasteiger partial charge is 0.253 e. The third-order valence-corrected chi connectivity index (χ3v) is 7.31. The molecule has 32 heavy (non-hydrogen) atoms. The van der Waals surface area contributed by atoms with Crippen LogP contribution in [0.4, 0.5) is 0 Å². The number of halogens is 1. The first-order valence-corrected chi connectivity index (χ1v) is 11.8. The molecule has 4 rings (SSSR count). The predicted molar refractivity (Wildman–Crippen MR) is 126 cm³/mol. The average molecular weight is 504 g/mol. The number of aryl methyl sites for hydroxylation is 2. The van der Waals surface area contributed by atoms with Crippen molar-refractivity contribution in [1.29, 1.82) is 0 Å². The van der Waals surface area contributed by atoms with E-state index in [1.807, 2.05) is 33.8 Å². The van der Waals surface area contributed by atoms with Gasteiger partial charge in [-0.25, -0.2) is 0 Å². The molecule has 1 saturated carbocycles. The largest absolute Gasteiger partial charge is 0.448 e. The van der Waals surface area contributed by atoms with Gasteiger partial charge in [0, 0.05) is 47.8 Å². The quantitative estimate of drug-likeness (QED) is 0.584. The molecule has 1 amide bonds. The summed E-state index contributed by atoms with van der Waals surface area (Å²) in [6.45, 7) is 7.67. The van der Waals surface area contributed by atoms with Gasteiger partial charge in [0.05, 0.1) is 4.47 Å². The molecule has 1 aromatic carbocycles. The molecule has 2 aliphatic rings. The second-order valence-electron chi connectivity index (χ2n) is 9.15. The van der Waals surface area contributed by atoms with Crippen LogP contribution in [0.15, 0.2) is 21.4 Å². The van der Waals surface area contributed by atoms with E-state index in [0.29, 0.717) is 32.7 Å².